The first-order valence-electron chi connectivity index (χ1n) is 39.7. The zero-order valence-corrected chi connectivity index (χ0v) is 70.8. The molecule has 2 aromatic rings. The van der Waals surface area contributed by atoms with E-state index < -0.39 is 284 Å². The molecule has 4 bridgehead atoms. The monoisotopic (exact) mass is 1820 g/mol. The number of aliphatic carboxylic acids is 2. The zero-order chi connectivity index (χ0) is 91.3. The summed E-state index contributed by atoms with van der Waals surface area (Å²) in [5.41, 5.74) is 23.2. The number of hydrogen-bond donors (Lipinski definition) is 26. The van der Waals surface area contributed by atoms with Crippen LogP contribution in [0, 0.1) is 5.41 Å². The van der Waals surface area contributed by atoms with Crippen LogP contribution in [0.25, 0.3) is 0 Å². The van der Waals surface area contributed by atoms with Gasteiger partial charge in [0.1, 0.15) is 90.0 Å². The molecule has 4 fully saturated rings. The van der Waals surface area contributed by atoms with Crippen molar-refractivity contribution in [1.29, 1.82) is 5.41 Å². The number of nitrogens with zero attached hydrogens (tertiary/aromatic N) is 1. The van der Waals surface area contributed by atoms with E-state index in [2.05, 4.69) is 85.1 Å². The molecular formula is C74H108N22O24S4. The van der Waals surface area contributed by atoms with Gasteiger partial charge < -0.3 is 138 Å². The molecular weight excluding hydrogens is 1710 g/mol. The molecule has 46 nitrogen and oxygen atoms in total. The van der Waals surface area contributed by atoms with Gasteiger partial charge in [0.25, 0.3) is 0 Å². The van der Waals surface area contributed by atoms with Crippen molar-refractivity contribution in [3.05, 3.63) is 59.7 Å². The summed E-state index contributed by atoms with van der Waals surface area (Å²) in [6.07, 6.45) is -7.66. The molecule has 0 unspecified atom stereocenters. The summed E-state index contributed by atoms with van der Waals surface area (Å²) in [5, 5.41) is 100. The van der Waals surface area contributed by atoms with Gasteiger partial charge in [-0.15, -0.1) is 0 Å². The van der Waals surface area contributed by atoms with Gasteiger partial charge in [-0.2, -0.15) is 0 Å². The van der Waals surface area contributed by atoms with Gasteiger partial charge >= 0.3 is 18.0 Å². The lowest BCUT2D eigenvalue weighted by atomic mass is 10.0. The highest BCUT2D eigenvalue weighted by molar-refractivity contribution is 8.77. The minimum absolute atomic E-state index is 0.0150. The number of amides is 18. The van der Waals surface area contributed by atoms with E-state index in [1.54, 1.807) is 0 Å². The first-order valence-corrected chi connectivity index (χ1v) is 44.6. The van der Waals surface area contributed by atoms with E-state index in [-0.39, 0.29) is 113 Å². The summed E-state index contributed by atoms with van der Waals surface area (Å²) in [5.74, 6) is -24.6. The standard InChI is InChI=1S/C74H108N22O24S4/c1-36(97)58-70(116)91-48(31-57(103)104)71(117)96-28-6-10-53(96)69(115)87-43(8-4-25-82-73(77)78)61(107)92-50-33-122-121-32-49-65(111)94-52(68(114)95-58)35-124-123-34-51(93-62(108)44(20-21-54(76)100)86-63(109)46(29-37-11-15-39(98)16-12-37)89-60(106)42(85-66(50)112)9-5-26-83-74(79)120)67(113)90-47(30-38-13-17-40(99)18-14-38)64(110)88-45(72(118)119)7-2-3-24-80-55(101)22-19-41(75)59(105)81-27-23-56(102)84-49/h11-18,36,41-53,58,97-99H,2-10,19-35,75H2,1H3,(H2,76,100)(H,80,101)(H,81,105)(H,84,102)(H,85,112)(H,86,109)(H,87,115)(H,88,110)(H,89,106)(H,90,113)(H,91,116)(H,92,107)(H,93,108)(H,94,111)(H,95,114)(H,103,104)(H,118,119)(H4,77,78,82)(H3,79,83,120)/t36-,41+,42+,43+,44+,45-,46+,47+,48+,49+,50+,51+,52+,53+,58+/m1/s1. The number of aliphatic hydroxyl groups is 1. The summed E-state index contributed by atoms with van der Waals surface area (Å²) in [7, 11) is 2.79. The van der Waals surface area contributed by atoms with E-state index in [1.807, 2.05) is 0 Å². The SMILES string of the molecule is C[C@@H](O)[C@@H]1NC(=O)[C@@H]2CSSC[C@@H]3NC(=O)[C@H](CCC(N)=O)NC(=O)[C@H](Cc4ccc(O)cc4)NC(=O)[C@H](CCCNC(N)=O)NC(=O)[C@H](CSSC[C@H](NC(=O)CCNC(=O)[C@@H](N)CCC(=O)NCCCC[C@H](C(=O)O)NC(=O)[C@H](Cc4ccc(O)cc4)NC3=O)C(=O)N2)NC(=O)[C@H](CCCNC(=N)N)NC(=O)[C@@H]2CCCN2C(=O)[C@H](CC(=O)O)NC1=O. The Labute approximate surface area is 726 Å². The Morgan fingerprint density at radius 3 is 1.45 bits per heavy atom. The van der Waals surface area contributed by atoms with Crippen LogP contribution in [0.5, 0.6) is 11.5 Å². The summed E-state index contributed by atoms with van der Waals surface area (Å²) in [4.78, 5) is 272. The van der Waals surface area contributed by atoms with E-state index in [9.17, 15) is 78.3 Å². The molecule has 0 aliphatic carbocycles. The fourth-order valence-corrected chi connectivity index (χ4v) is 17.6. The van der Waals surface area contributed by atoms with Crippen LogP contribution in [0.1, 0.15) is 114 Å². The average Bonchev–Trinajstić information content (AvgIpc) is 1.66. The molecule has 4 aliphatic heterocycles. The van der Waals surface area contributed by atoms with Gasteiger partial charge in [0.2, 0.25) is 94.5 Å². The largest absolute Gasteiger partial charge is 0.508 e. The third-order valence-electron chi connectivity index (χ3n) is 19.6. The second-order valence-electron chi connectivity index (χ2n) is 29.4. The topological polar surface area (TPSA) is 749 Å². The number of phenols is 2. The summed E-state index contributed by atoms with van der Waals surface area (Å²) < 4.78 is 0. The van der Waals surface area contributed by atoms with Gasteiger partial charge in [0, 0.05) is 87.8 Å². The van der Waals surface area contributed by atoms with E-state index in [0.717, 1.165) is 33.4 Å². The summed E-state index contributed by atoms with van der Waals surface area (Å²) in [6.45, 7) is -0.0697. The number of primary amides is 2. The van der Waals surface area contributed by atoms with Crippen LogP contribution in [0.3, 0.4) is 0 Å². The van der Waals surface area contributed by atoms with Gasteiger partial charge in [-0.3, -0.25) is 86.9 Å². The normalized spacial score (nSPS) is 26.3. The highest BCUT2D eigenvalue weighted by atomic mass is 33.1. The van der Waals surface area contributed by atoms with Crippen molar-refractivity contribution in [1.82, 2.24) is 90.0 Å². The van der Waals surface area contributed by atoms with Crippen LogP contribution in [0.2, 0.25) is 0 Å². The Morgan fingerprint density at radius 1 is 0.484 bits per heavy atom. The minimum atomic E-state index is -2.16. The van der Waals surface area contributed by atoms with E-state index in [4.69, 9.17) is 28.3 Å². The molecule has 682 valence electrons. The van der Waals surface area contributed by atoms with Crippen molar-refractivity contribution in [2.75, 3.05) is 55.7 Å². The molecule has 15 atom stereocenters. The van der Waals surface area contributed by atoms with E-state index >= 15 is 38.4 Å². The maximum absolute atomic E-state index is 15.4. The number of rotatable bonds is 19. The second kappa shape index (κ2) is 51.5. The molecule has 2 aromatic carbocycles. The third-order valence-corrected chi connectivity index (χ3v) is 24.5. The molecule has 0 radical (unpaired) electrons. The van der Waals surface area contributed by atoms with Crippen molar-refractivity contribution in [3.63, 3.8) is 0 Å². The molecule has 4 saturated heterocycles. The first-order chi connectivity index (χ1) is 58.8. The Morgan fingerprint density at radius 2 is 0.935 bits per heavy atom. The number of fused-ring (bicyclic) bond motifs is 9. The number of nitrogens with two attached hydrogens (primary N) is 4. The highest BCUT2D eigenvalue weighted by Crippen LogP contribution is 2.28. The lowest BCUT2D eigenvalue weighted by Crippen LogP contribution is -2.62. The number of hydrogen-bond acceptors (Lipinski definition) is 28. The molecule has 30 N–H and O–H groups in total. The van der Waals surface area contributed by atoms with Crippen molar-refractivity contribution in [2.24, 2.45) is 22.9 Å². The molecule has 50 heteroatoms. The predicted octanol–water partition coefficient (Wildman–Crippen LogP) is -7.69. The number of aromatic hydroxyl groups is 2. The number of carboxylic acid groups (broad SMARTS) is 2. The van der Waals surface area contributed by atoms with Crippen LogP contribution < -0.4 is 108 Å². The summed E-state index contributed by atoms with van der Waals surface area (Å²) >= 11 is 0. The average molecular weight is 1820 g/mol. The smallest absolute Gasteiger partial charge is 0.326 e. The van der Waals surface area contributed by atoms with Gasteiger partial charge in [0.15, 0.2) is 5.96 Å². The molecule has 0 saturated carbocycles. The van der Waals surface area contributed by atoms with Gasteiger partial charge in [-0.05, 0) is 113 Å². The first kappa shape index (κ1) is 101. The Bertz CT molecular complexity index is 4160. The fraction of sp³-hybridized carbons (Fsp3) is 0.568. The number of carboxylic acids is 2. The maximum Gasteiger partial charge on any atom is 0.326 e. The van der Waals surface area contributed by atoms with Crippen molar-refractivity contribution in [2.45, 2.75) is 207 Å². The molecule has 124 heavy (non-hydrogen) atoms. The number of urea groups is 1. The van der Waals surface area contributed by atoms with Crippen LogP contribution in [-0.2, 0) is 99.1 Å². The quantitative estimate of drug-likeness (QED) is 0.0269. The van der Waals surface area contributed by atoms with Crippen LogP contribution in [-0.4, -0.2) is 295 Å². The van der Waals surface area contributed by atoms with Gasteiger partial charge in [-0.1, -0.05) is 67.4 Å². The molecule has 6 rings (SSSR count). The lowest BCUT2D eigenvalue weighted by molar-refractivity contribution is -0.146. The number of guanidine groups is 1. The fourth-order valence-electron chi connectivity index (χ4n) is 12.9. The Kier molecular flexibility index (Phi) is 42.0. The van der Waals surface area contributed by atoms with Crippen LogP contribution >= 0.6 is 43.2 Å². The maximum atomic E-state index is 15.4. The van der Waals surface area contributed by atoms with Crippen molar-refractivity contribution in [3.8, 4) is 11.5 Å². The number of carbonyl (C=O) groups is 19. The number of aliphatic hydroxyl groups excluding tert-OH is 1. The van der Waals surface area contributed by atoms with Crippen molar-refractivity contribution < 1.29 is 117 Å². The molecule has 0 aromatic heterocycles. The minimum Gasteiger partial charge on any atom is -0.508 e. The van der Waals surface area contributed by atoms with Crippen LogP contribution in [0.4, 0.5) is 4.79 Å². The van der Waals surface area contributed by atoms with Gasteiger partial charge in [-0.25, -0.2) is 9.59 Å². The molecule has 0 spiro atoms. The van der Waals surface area contributed by atoms with Crippen molar-refractivity contribution >= 4 is 162 Å². The number of benzene rings is 2. The number of carbonyl (C=O) groups excluding carboxylic acids is 17. The number of nitrogens with one attached hydrogen (secondary N) is 17. The van der Waals surface area contributed by atoms with Gasteiger partial charge in [0.05, 0.1) is 18.6 Å². The second-order valence-corrected chi connectivity index (χ2v) is 34.5. The highest BCUT2D eigenvalue weighted by Gasteiger charge is 2.43. The third kappa shape index (κ3) is 34.9. The van der Waals surface area contributed by atoms with E-state index in [1.165, 1.54) is 48.5 Å². The van der Waals surface area contributed by atoms with Crippen LogP contribution in [0.15, 0.2) is 48.5 Å². The predicted molar refractivity (Wildman–Crippen MR) is 449 cm³/mol. The zero-order valence-electron chi connectivity index (χ0n) is 67.5. The number of phenolic OH excluding ortho intramolecular Hbond substituents is 2. The van der Waals surface area contributed by atoms with E-state index in [0.29, 0.717) is 21.6 Å². The molecule has 4 aliphatic rings. The summed E-state index contributed by atoms with van der Waals surface area (Å²) in [6, 6.07) is -16.0. The molecule has 4 heterocycles. The molecule has 18 amide bonds. The Hall–Kier alpha value is -11.6. The lowest BCUT2D eigenvalue weighted by Gasteiger charge is -2.31. The Balaban J connectivity index is 1.63.